The summed E-state index contributed by atoms with van der Waals surface area (Å²) in [7, 11) is 0. The van der Waals surface area contributed by atoms with E-state index in [-0.39, 0.29) is 0 Å². The van der Waals surface area contributed by atoms with Gasteiger partial charge in [-0.2, -0.15) is 5.26 Å². The first-order valence-electron chi connectivity index (χ1n) is 5.68. The van der Waals surface area contributed by atoms with Crippen molar-refractivity contribution in [3.05, 3.63) is 24.0 Å². The summed E-state index contributed by atoms with van der Waals surface area (Å²) in [5, 5.41) is 8.77. The maximum atomic E-state index is 8.77. The van der Waals surface area contributed by atoms with E-state index in [2.05, 4.69) is 24.5 Å². The fourth-order valence-corrected chi connectivity index (χ4v) is 2.39. The predicted molar refractivity (Wildman–Crippen MR) is 60.4 cm³/mol. The molecule has 0 unspecified atom stereocenters. The van der Waals surface area contributed by atoms with Crippen LogP contribution in [-0.4, -0.2) is 4.57 Å². The Labute approximate surface area is 91.5 Å². The Morgan fingerprint density at radius 2 is 2.07 bits per heavy atom. The average molecular weight is 202 g/mol. The molecule has 0 amide bonds. The third-order valence-electron chi connectivity index (χ3n) is 3.57. The van der Waals surface area contributed by atoms with E-state index in [0.717, 1.165) is 5.56 Å². The zero-order valence-electron chi connectivity index (χ0n) is 9.53. The molecule has 1 aliphatic carbocycles. The number of nitrogens with zero attached hydrogens (tertiary/aromatic N) is 2. The lowest BCUT2D eigenvalue weighted by molar-refractivity contribution is 0.194. The molecule has 0 N–H and O–H groups in total. The maximum absolute atomic E-state index is 8.77. The Hall–Kier alpha value is -1.23. The summed E-state index contributed by atoms with van der Waals surface area (Å²) in [5.41, 5.74) is 1.29. The summed E-state index contributed by atoms with van der Waals surface area (Å²) in [6.07, 6.45) is 9.08. The van der Waals surface area contributed by atoms with Crippen molar-refractivity contribution < 1.29 is 0 Å². The number of hydrogen-bond donors (Lipinski definition) is 0. The quantitative estimate of drug-likeness (QED) is 0.685. The van der Waals surface area contributed by atoms with E-state index in [0.29, 0.717) is 11.5 Å². The highest BCUT2D eigenvalue weighted by molar-refractivity contribution is 5.25. The van der Waals surface area contributed by atoms with Gasteiger partial charge in [-0.3, -0.25) is 0 Å². The van der Waals surface area contributed by atoms with Crippen LogP contribution in [0.5, 0.6) is 0 Å². The molecule has 2 nitrogen and oxygen atoms in total. The van der Waals surface area contributed by atoms with E-state index >= 15 is 0 Å². The van der Waals surface area contributed by atoms with Crippen molar-refractivity contribution in [1.29, 1.82) is 5.26 Å². The Balaban J connectivity index is 2.05. The average Bonchev–Trinajstić information content (AvgIpc) is 2.66. The molecule has 1 aromatic rings. The topological polar surface area (TPSA) is 28.7 Å². The molecule has 0 radical (unpaired) electrons. The molecule has 0 spiro atoms. The van der Waals surface area contributed by atoms with E-state index in [1.165, 1.54) is 25.7 Å². The van der Waals surface area contributed by atoms with Crippen molar-refractivity contribution in [2.45, 2.75) is 45.6 Å². The minimum absolute atomic E-state index is 0.516. The molecular formula is C13H18N2. The van der Waals surface area contributed by atoms with Crippen LogP contribution in [0.25, 0.3) is 0 Å². The van der Waals surface area contributed by atoms with Crippen LogP contribution in [0, 0.1) is 16.7 Å². The van der Waals surface area contributed by atoms with Crippen LogP contribution in [0.15, 0.2) is 18.5 Å². The fourth-order valence-electron chi connectivity index (χ4n) is 2.39. The van der Waals surface area contributed by atoms with E-state index in [4.69, 9.17) is 5.26 Å². The van der Waals surface area contributed by atoms with E-state index in [1.807, 2.05) is 18.5 Å². The second-order valence-electron chi connectivity index (χ2n) is 5.35. The zero-order valence-corrected chi connectivity index (χ0v) is 9.53. The lowest BCUT2D eigenvalue weighted by Crippen LogP contribution is -2.22. The summed E-state index contributed by atoms with van der Waals surface area (Å²) in [4.78, 5) is 0. The van der Waals surface area contributed by atoms with Crippen LogP contribution in [0.2, 0.25) is 0 Å². The van der Waals surface area contributed by atoms with Gasteiger partial charge in [0.15, 0.2) is 0 Å². The van der Waals surface area contributed by atoms with Crippen LogP contribution in [0.4, 0.5) is 0 Å². The molecule has 1 aliphatic rings. The second-order valence-corrected chi connectivity index (χ2v) is 5.35. The van der Waals surface area contributed by atoms with E-state index in [1.54, 1.807) is 0 Å². The number of aromatic nitrogens is 1. The lowest BCUT2D eigenvalue weighted by atomic mass is 9.75. The monoisotopic (exact) mass is 202 g/mol. The van der Waals surface area contributed by atoms with Gasteiger partial charge in [-0.25, -0.2) is 0 Å². The van der Waals surface area contributed by atoms with Crippen LogP contribution < -0.4 is 0 Å². The molecule has 0 aliphatic heterocycles. The SMILES string of the molecule is CC1(C)CCC(n2ccc(C#N)c2)CC1. The fraction of sp³-hybridized carbons (Fsp3) is 0.615. The van der Waals surface area contributed by atoms with Gasteiger partial charge >= 0.3 is 0 Å². The molecular weight excluding hydrogens is 184 g/mol. The van der Waals surface area contributed by atoms with Gasteiger partial charge in [-0.1, -0.05) is 13.8 Å². The van der Waals surface area contributed by atoms with Crippen molar-refractivity contribution in [3.8, 4) is 6.07 Å². The molecule has 1 heterocycles. The van der Waals surface area contributed by atoms with Crippen LogP contribution >= 0.6 is 0 Å². The summed E-state index contributed by atoms with van der Waals surface area (Å²) in [5.74, 6) is 0. The molecule has 1 fully saturated rings. The Bertz CT molecular complexity index is 371. The largest absolute Gasteiger partial charge is 0.350 e. The summed E-state index contributed by atoms with van der Waals surface area (Å²) < 4.78 is 2.22. The molecule has 0 bridgehead atoms. The van der Waals surface area contributed by atoms with Crippen LogP contribution in [-0.2, 0) is 0 Å². The van der Waals surface area contributed by atoms with Gasteiger partial charge in [-0.15, -0.1) is 0 Å². The first-order valence-corrected chi connectivity index (χ1v) is 5.68. The second kappa shape index (κ2) is 3.73. The number of hydrogen-bond acceptors (Lipinski definition) is 1. The standard InChI is InChI=1S/C13H18N2/c1-13(2)6-3-12(4-7-13)15-8-5-11(9-14)10-15/h5,8,10,12H,3-4,6-7H2,1-2H3. The van der Waals surface area contributed by atoms with Crippen molar-refractivity contribution in [2.75, 3.05) is 0 Å². The molecule has 1 saturated carbocycles. The van der Waals surface area contributed by atoms with Gasteiger partial charge in [0.25, 0.3) is 0 Å². The van der Waals surface area contributed by atoms with Gasteiger partial charge in [-0.05, 0) is 37.2 Å². The molecule has 15 heavy (non-hydrogen) atoms. The van der Waals surface area contributed by atoms with Crippen molar-refractivity contribution >= 4 is 0 Å². The zero-order chi connectivity index (χ0) is 10.9. The smallest absolute Gasteiger partial charge is 0.101 e. The summed E-state index contributed by atoms with van der Waals surface area (Å²) in [6.45, 7) is 4.69. The first-order chi connectivity index (χ1) is 7.11. The van der Waals surface area contributed by atoms with Gasteiger partial charge in [0.1, 0.15) is 6.07 Å². The molecule has 2 heteroatoms. The van der Waals surface area contributed by atoms with Gasteiger partial charge in [0, 0.05) is 18.4 Å². The summed E-state index contributed by atoms with van der Waals surface area (Å²) in [6, 6.07) is 4.70. The molecule has 80 valence electrons. The van der Waals surface area contributed by atoms with Crippen LogP contribution in [0.3, 0.4) is 0 Å². The highest BCUT2D eigenvalue weighted by atomic mass is 15.0. The van der Waals surface area contributed by atoms with E-state index in [9.17, 15) is 0 Å². The normalized spacial score (nSPS) is 21.1. The Kier molecular flexibility index (Phi) is 2.56. The maximum Gasteiger partial charge on any atom is 0.101 e. The highest BCUT2D eigenvalue weighted by Gasteiger charge is 2.27. The minimum Gasteiger partial charge on any atom is -0.350 e. The van der Waals surface area contributed by atoms with E-state index < -0.39 is 0 Å². The van der Waals surface area contributed by atoms with Crippen molar-refractivity contribution in [3.63, 3.8) is 0 Å². The number of rotatable bonds is 1. The molecule has 1 aromatic heterocycles. The predicted octanol–water partition coefficient (Wildman–Crippen LogP) is 3.50. The van der Waals surface area contributed by atoms with Crippen molar-refractivity contribution in [1.82, 2.24) is 4.57 Å². The lowest BCUT2D eigenvalue weighted by Gasteiger charge is -2.34. The highest BCUT2D eigenvalue weighted by Crippen LogP contribution is 2.40. The molecule has 0 aromatic carbocycles. The molecule has 2 rings (SSSR count). The number of nitriles is 1. The van der Waals surface area contributed by atoms with Crippen LogP contribution in [0.1, 0.15) is 51.1 Å². The van der Waals surface area contributed by atoms with Gasteiger partial charge in [0.05, 0.1) is 5.56 Å². The molecule has 0 saturated heterocycles. The minimum atomic E-state index is 0.516. The molecule has 0 atom stereocenters. The first kappa shape index (κ1) is 10.3. The Morgan fingerprint density at radius 1 is 1.40 bits per heavy atom. The Morgan fingerprint density at radius 3 is 2.60 bits per heavy atom. The van der Waals surface area contributed by atoms with Gasteiger partial charge < -0.3 is 4.57 Å². The summed E-state index contributed by atoms with van der Waals surface area (Å²) >= 11 is 0. The third kappa shape index (κ3) is 2.23. The van der Waals surface area contributed by atoms with Crippen molar-refractivity contribution in [2.24, 2.45) is 5.41 Å². The third-order valence-corrected chi connectivity index (χ3v) is 3.57. The van der Waals surface area contributed by atoms with Gasteiger partial charge in [0.2, 0.25) is 0 Å².